The van der Waals surface area contributed by atoms with E-state index in [1.165, 1.54) is 12.1 Å². The van der Waals surface area contributed by atoms with E-state index >= 15 is 4.39 Å². The molecule has 13 heteroatoms. The Kier molecular flexibility index (Phi) is 11.5. The third kappa shape index (κ3) is 8.70. The Bertz CT molecular complexity index is 2020. The van der Waals surface area contributed by atoms with Crippen molar-refractivity contribution >= 4 is 29.4 Å². The first-order valence-corrected chi connectivity index (χ1v) is 18.2. The third-order valence-electron chi connectivity index (χ3n) is 9.85. The summed E-state index contributed by atoms with van der Waals surface area (Å²) < 4.78 is 44.1. The van der Waals surface area contributed by atoms with E-state index in [0.29, 0.717) is 91.6 Å². The zero-order valence-corrected chi connectivity index (χ0v) is 30.4. The molecule has 282 valence electrons. The van der Waals surface area contributed by atoms with Crippen LogP contribution in [-0.4, -0.2) is 93.7 Å². The smallest absolute Gasteiger partial charge is 0.253 e. The van der Waals surface area contributed by atoms with Gasteiger partial charge in [-0.25, -0.2) is 9.37 Å². The number of amides is 1. The summed E-state index contributed by atoms with van der Waals surface area (Å²) in [6, 6.07) is 11.7. The number of allylic oxidation sites excluding steroid dienone is 2. The summed E-state index contributed by atoms with van der Waals surface area (Å²) >= 11 is 0. The summed E-state index contributed by atoms with van der Waals surface area (Å²) in [6.45, 7) is 6.18. The summed E-state index contributed by atoms with van der Waals surface area (Å²) in [4.78, 5) is 37.2. The van der Waals surface area contributed by atoms with Crippen molar-refractivity contribution in [1.29, 1.82) is 0 Å². The zero-order valence-electron chi connectivity index (χ0n) is 30.4. The number of hydrogen-bond donors (Lipinski definition) is 2. The number of nitrogen functional groups attached to an aromatic ring is 1. The number of pyridine rings is 1. The first-order chi connectivity index (χ1) is 26.2. The van der Waals surface area contributed by atoms with Gasteiger partial charge in [0.25, 0.3) is 5.91 Å². The first kappa shape index (κ1) is 37.0. The number of benzene rings is 2. The van der Waals surface area contributed by atoms with Crippen molar-refractivity contribution in [3.8, 4) is 33.8 Å². The lowest BCUT2D eigenvalue weighted by atomic mass is 9.96. The maximum absolute atomic E-state index is 15.9. The lowest BCUT2D eigenvalue weighted by Crippen LogP contribution is -2.34. The van der Waals surface area contributed by atoms with E-state index in [2.05, 4.69) is 20.2 Å². The standard InChI is InChI=1S/C41H44FN5O7/c1-25-18-44-36(17-37(25)48)29-13-30(22-47(21-29)20-26-7-9-51-10-8-26)41(49)46-31-4-5-33(35(42)16-31)34-14-28(19-45-40(34)43)27-3-6-38(39(15-27)50-2)54-24-32-23-52-11-12-53-32/h3-6,13-19,21,25-26,32H,7-12,20,22-24H2,1-2H3,(H2,43,45)(H,46,49)/t25?,32-/m1/s1. The molecule has 5 heterocycles. The molecule has 3 aromatic rings. The largest absolute Gasteiger partial charge is 0.493 e. The second-order valence-electron chi connectivity index (χ2n) is 13.8. The maximum Gasteiger partial charge on any atom is 0.253 e. The van der Waals surface area contributed by atoms with Gasteiger partial charge in [0, 0.05) is 84.5 Å². The molecular formula is C41H44FN5O7. The van der Waals surface area contributed by atoms with Crippen molar-refractivity contribution in [3.63, 3.8) is 0 Å². The molecule has 0 aliphatic carbocycles. The number of ether oxygens (including phenoxy) is 5. The number of carbonyl (C=O) groups is 2. The number of nitrogens with two attached hydrogens (primary N) is 1. The molecule has 4 aliphatic heterocycles. The molecule has 0 radical (unpaired) electrons. The second kappa shape index (κ2) is 16.8. The Hall–Kier alpha value is -5.37. The fraction of sp³-hybridized carbons (Fsp3) is 0.366. The minimum atomic E-state index is -0.581. The molecule has 2 atom stereocenters. The summed E-state index contributed by atoms with van der Waals surface area (Å²) in [7, 11) is 1.56. The molecular weight excluding hydrogens is 693 g/mol. The lowest BCUT2D eigenvalue weighted by Gasteiger charge is -2.32. The number of nitrogens with zero attached hydrogens (tertiary/aromatic N) is 3. The molecule has 1 amide bonds. The number of rotatable bonds is 11. The Balaban J connectivity index is 1.07. The summed E-state index contributed by atoms with van der Waals surface area (Å²) in [5.41, 5.74) is 10.3. The van der Waals surface area contributed by atoms with E-state index in [1.807, 2.05) is 18.3 Å². The predicted molar refractivity (Wildman–Crippen MR) is 203 cm³/mol. The minimum Gasteiger partial charge on any atom is -0.493 e. The van der Waals surface area contributed by atoms with Gasteiger partial charge in [0.2, 0.25) is 0 Å². The van der Waals surface area contributed by atoms with Gasteiger partial charge in [-0.2, -0.15) is 0 Å². The fourth-order valence-corrected chi connectivity index (χ4v) is 6.77. The van der Waals surface area contributed by atoms with Crippen LogP contribution in [0.2, 0.25) is 0 Å². The number of carbonyl (C=O) groups excluding carboxylic acids is 2. The monoisotopic (exact) mass is 737 g/mol. The van der Waals surface area contributed by atoms with Gasteiger partial charge in [-0.1, -0.05) is 13.0 Å². The number of aliphatic imine (C=N–C) groups is 1. The fourth-order valence-electron chi connectivity index (χ4n) is 6.77. The van der Waals surface area contributed by atoms with Crippen LogP contribution in [0.15, 0.2) is 88.8 Å². The summed E-state index contributed by atoms with van der Waals surface area (Å²) in [5, 5.41) is 2.86. The van der Waals surface area contributed by atoms with Crippen LogP contribution in [0.4, 0.5) is 15.9 Å². The number of hydrogen-bond acceptors (Lipinski definition) is 11. The Labute approximate surface area is 313 Å². The average Bonchev–Trinajstić information content (AvgIpc) is 3.19. The van der Waals surface area contributed by atoms with Crippen LogP contribution in [0.1, 0.15) is 19.8 Å². The topological polar surface area (TPSA) is 147 Å². The van der Waals surface area contributed by atoms with Gasteiger partial charge in [-0.05, 0) is 66.8 Å². The van der Waals surface area contributed by atoms with Crippen LogP contribution in [0, 0.1) is 17.7 Å². The van der Waals surface area contributed by atoms with E-state index in [0.717, 1.165) is 24.9 Å². The lowest BCUT2D eigenvalue weighted by molar-refractivity contribution is -0.116. The van der Waals surface area contributed by atoms with Gasteiger partial charge in [0.1, 0.15) is 24.3 Å². The zero-order chi connectivity index (χ0) is 37.6. The molecule has 3 N–H and O–H groups in total. The molecule has 54 heavy (non-hydrogen) atoms. The van der Waals surface area contributed by atoms with Gasteiger partial charge >= 0.3 is 0 Å². The third-order valence-corrected chi connectivity index (χ3v) is 9.85. The van der Waals surface area contributed by atoms with Crippen LogP contribution in [0.25, 0.3) is 22.3 Å². The van der Waals surface area contributed by atoms with Crippen LogP contribution in [0.3, 0.4) is 0 Å². The molecule has 2 aromatic carbocycles. The van der Waals surface area contributed by atoms with Gasteiger partial charge in [-0.3, -0.25) is 14.6 Å². The van der Waals surface area contributed by atoms with Crippen LogP contribution in [0.5, 0.6) is 11.5 Å². The van der Waals surface area contributed by atoms with E-state index in [1.54, 1.807) is 56.8 Å². The summed E-state index contributed by atoms with van der Waals surface area (Å²) in [6.07, 6.45) is 10.2. The first-order valence-electron chi connectivity index (χ1n) is 18.2. The SMILES string of the molecule is COc1cc(-c2cnc(N)c(-c3ccc(NC(=O)C4=CC(C5=CC(=O)C(C)C=N5)=CN(CC5CCOCC5)C4)cc3F)c2)ccc1OC[C@H]1COCCO1. The highest BCUT2D eigenvalue weighted by Gasteiger charge is 2.26. The van der Waals surface area contributed by atoms with Crippen LogP contribution in [-0.2, 0) is 23.8 Å². The van der Waals surface area contributed by atoms with Crippen molar-refractivity contribution in [1.82, 2.24) is 9.88 Å². The van der Waals surface area contributed by atoms with Gasteiger partial charge in [0.15, 0.2) is 17.3 Å². The highest BCUT2D eigenvalue weighted by Crippen LogP contribution is 2.36. The van der Waals surface area contributed by atoms with Crippen LogP contribution >= 0.6 is 0 Å². The number of nitrogens with one attached hydrogen (secondary N) is 1. The molecule has 7 rings (SSSR count). The minimum absolute atomic E-state index is 0.0433. The molecule has 12 nitrogen and oxygen atoms in total. The predicted octanol–water partition coefficient (Wildman–Crippen LogP) is 5.60. The van der Waals surface area contributed by atoms with Crippen molar-refractivity contribution in [3.05, 3.63) is 89.7 Å². The van der Waals surface area contributed by atoms with E-state index < -0.39 is 5.82 Å². The number of anilines is 2. The van der Waals surface area contributed by atoms with Crippen molar-refractivity contribution < 1.29 is 37.7 Å². The highest BCUT2D eigenvalue weighted by molar-refractivity contribution is 6.06. The Morgan fingerprint density at radius 3 is 2.63 bits per heavy atom. The molecule has 0 bridgehead atoms. The Morgan fingerprint density at radius 2 is 1.87 bits per heavy atom. The molecule has 4 aliphatic rings. The van der Waals surface area contributed by atoms with E-state index in [-0.39, 0.29) is 40.8 Å². The number of aromatic nitrogens is 1. The van der Waals surface area contributed by atoms with Gasteiger partial charge in [0.05, 0.1) is 38.5 Å². The average molecular weight is 738 g/mol. The molecule has 1 unspecified atom stereocenters. The van der Waals surface area contributed by atoms with Gasteiger partial charge in [-0.15, -0.1) is 0 Å². The molecule has 1 aromatic heterocycles. The number of methoxy groups -OCH3 is 1. The molecule has 2 fully saturated rings. The maximum atomic E-state index is 15.9. The summed E-state index contributed by atoms with van der Waals surface area (Å²) in [5.74, 6) is 0.323. The van der Waals surface area contributed by atoms with E-state index in [9.17, 15) is 9.59 Å². The van der Waals surface area contributed by atoms with Crippen molar-refractivity contribution in [2.45, 2.75) is 25.9 Å². The highest BCUT2D eigenvalue weighted by atomic mass is 19.1. The molecule has 0 spiro atoms. The Morgan fingerprint density at radius 1 is 1.02 bits per heavy atom. The van der Waals surface area contributed by atoms with E-state index in [4.69, 9.17) is 29.4 Å². The normalized spacial score (nSPS) is 20.5. The van der Waals surface area contributed by atoms with Crippen molar-refractivity contribution in [2.75, 3.05) is 70.9 Å². The number of ketones is 1. The van der Waals surface area contributed by atoms with Gasteiger partial charge < -0.3 is 39.6 Å². The number of halogens is 1. The molecule has 2 saturated heterocycles. The quantitative estimate of drug-likeness (QED) is 0.255. The molecule has 0 saturated carbocycles. The second-order valence-corrected chi connectivity index (χ2v) is 13.8. The van der Waals surface area contributed by atoms with Crippen molar-refractivity contribution in [2.24, 2.45) is 16.8 Å². The van der Waals surface area contributed by atoms with Crippen LogP contribution < -0.4 is 20.5 Å².